The fourth-order valence-electron chi connectivity index (χ4n) is 1.85. The number of benzene rings is 1. The zero-order valence-electron chi connectivity index (χ0n) is 12.0. The van der Waals surface area contributed by atoms with E-state index in [1.165, 1.54) is 12.8 Å². The molecule has 0 aliphatic rings. The van der Waals surface area contributed by atoms with E-state index in [2.05, 4.69) is 6.92 Å². The minimum Gasteiger partial charge on any atom is -0.460 e. The van der Waals surface area contributed by atoms with Crippen LogP contribution < -0.4 is 0 Å². The van der Waals surface area contributed by atoms with Crippen molar-refractivity contribution in [2.45, 2.75) is 39.5 Å². The molecule has 1 aromatic rings. The van der Waals surface area contributed by atoms with Crippen LogP contribution in [0, 0.1) is 0 Å². The van der Waals surface area contributed by atoms with Crippen molar-refractivity contribution in [2.75, 3.05) is 19.8 Å². The van der Waals surface area contributed by atoms with Crippen molar-refractivity contribution in [2.24, 2.45) is 0 Å². The first-order chi connectivity index (χ1) is 9.29. The molecule has 0 aliphatic carbocycles. The van der Waals surface area contributed by atoms with E-state index in [1.54, 1.807) is 0 Å². The average molecular weight is 264 g/mol. The molecule has 19 heavy (non-hydrogen) atoms. The molecule has 0 aromatic heterocycles. The van der Waals surface area contributed by atoms with Gasteiger partial charge in [0, 0.05) is 6.61 Å². The third-order valence-corrected chi connectivity index (χ3v) is 2.97. The lowest BCUT2D eigenvalue weighted by Crippen LogP contribution is -2.12. The Morgan fingerprint density at radius 3 is 2.58 bits per heavy atom. The normalized spacial score (nSPS) is 10.4. The van der Waals surface area contributed by atoms with Crippen LogP contribution in [0.5, 0.6) is 0 Å². The standard InChI is InChI=1S/C16H24O3/c1-3-5-8-11-18-12-13-19-16(17)15-10-7-6-9-14(15)4-2/h6-7,9-10H,3-5,8,11-13H2,1-2H3. The quantitative estimate of drug-likeness (QED) is 0.505. The molecule has 0 bridgehead atoms. The number of hydrogen-bond acceptors (Lipinski definition) is 3. The molecule has 0 fully saturated rings. The van der Waals surface area contributed by atoms with E-state index in [9.17, 15) is 4.79 Å². The predicted molar refractivity (Wildman–Crippen MR) is 76.4 cm³/mol. The number of rotatable bonds is 9. The molecule has 0 aliphatic heterocycles. The maximum atomic E-state index is 11.9. The SMILES string of the molecule is CCCCCOCCOC(=O)c1ccccc1CC. The Bertz CT molecular complexity index is 374. The molecule has 106 valence electrons. The van der Waals surface area contributed by atoms with Crippen LogP contribution >= 0.6 is 0 Å². The number of ether oxygens (including phenoxy) is 2. The molecule has 0 atom stereocenters. The van der Waals surface area contributed by atoms with E-state index in [4.69, 9.17) is 9.47 Å². The molecule has 1 rings (SSSR count). The number of unbranched alkanes of at least 4 members (excludes halogenated alkanes) is 2. The van der Waals surface area contributed by atoms with Gasteiger partial charge < -0.3 is 9.47 Å². The fraction of sp³-hybridized carbons (Fsp3) is 0.562. The largest absolute Gasteiger partial charge is 0.460 e. The van der Waals surface area contributed by atoms with Crippen LogP contribution in [-0.4, -0.2) is 25.8 Å². The van der Waals surface area contributed by atoms with E-state index < -0.39 is 0 Å². The molecule has 0 heterocycles. The Hall–Kier alpha value is -1.35. The summed E-state index contributed by atoms with van der Waals surface area (Å²) in [4.78, 5) is 11.9. The lowest BCUT2D eigenvalue weighted by Gasteiger charge is -2.08. The third kappa shape index (κ3) is 5.88. The Balaban J connectivity index is 2.24. The Kier molecular flexibility index (Phi) is 7.91. The molecule has 0 radical (unpaired) electrons. The molecule has 3 heteroatoms. The van der Waals surface area contributed by atoms with Gasteiger partial charge in [0.1, 0.15) is 6.61 Å². The van der Waals surface area contributed by atoms with Crippen LogP contribution in [0.2, 0.25) is 0 Å². The first kappa shape index (κ1) is 15.7. The van der Waals surface area contributed by atoms with Crippen molar-refractivity contribution in [1.29, 1.82) is 0 Å². The van der Waals surface area contributed by atoms with Crippen LogP contribution in [0.1, 0.15) is 49.0 Å². The van der Waals surface area contributed by atoms with Gasteiger partial charge in [-0.25, -0.2) is 4.79 Å². The van der Waals surface area contributed by atoms with Gasteiger partial charge in [0.15, 0.2) is 0 Å². The van der Waals surface area contributed by atoms with Gasteiger partial charge in [-0.15, -0.1) is 0 Å². The lowest BCUT2D eigenvalue weighted by atomic mass is 10.1. The van der Waals surface area contributed by atoms with Gasteiger partial charge in [0.25, 0.3) is 0 Å². The molecular formula is C16H24O3. The summed E-state index contributed by atoms with van der Waals surface area (Å²) in [6.07, 6.45) is 4.28. The van der Waals surface area contributed by atoms with Crippen molar-refractivity contribution >= 4 is 5.97 Å². The monoisotopic (exact) mass is 264 g/mol. The molecular weight excluding hydrogens is 240 g/mol. The molecule has 0 N–H and O–H groups in total. The van der Waals surface area contributed by atoms with Gasteiger partial charge in [-0.05, 0) is 24.5 Å². The Morgan fingerprint density at radius 2 is 1.84 bits per heavy atom. The summed E-state index contributed by atoms with van der Waals surface area (Å²) in [6, 6.07) is 7.56. The van der Waals surface area contributed by atoms with E-state index in [1.807, 2.05) is 31.2 Å². The summed E-state index contributed by atoms with van der Waals surface area (Å²) in [5.74, 6) is -0.255. The highest BCUT2D eigenvalue weighted by molar-refractivity contribution is 5.91. The van der Waals surface area contributed by atoms with E-state index in [-0.39, 0.29) is 5.97 Å². The van der Waals surface area contributed by atoms with Gasteiger partial charge in [0.05, 0.1) is 12.2 Å². The van der Waals surface area contributed by atoms with Gasteiger partial charge in [0.2, 0.25) is 0 Å². The highest BCUT2D eigenvalue weighted by atomic mass is 16.6. The molecule has 1 aromatic carbocycles. The number of esters is 1. The van der Waals surface area contributed by atoms with Crippen LogP contribution in [0.4, 0.5) is 0 Å². The minimum absolute atomic E-state index is 0.255. The Labute approximate surface area is 115 Å². The lowest BCUT2D eigenvalue weighted by molar-refractivity contribution is 0.0311. The van der Waals surface area contributed by atoms with Gasteiger partial charge in [-0.2, -0.15) is 0 Å². The molecule has 0 unspecified atom stereocenters. The van der Waals surface area contributed by atoms with Gasteiger partial charge >= 0.3 is 5.97 Å². The van der Waals surface area contributed by atoms with Crippen molar-refractivity contribution in [3.05, 3.63) is 35.4 Å². The second kappa shape index (κ2) is 9.56. The molecule has 3 nitrogen and oxygen atoms in total. The number of carbonyl (C=O) groups is 1. The van der Waals surface area contributed by atoms with Crippen molar-refractivity contribution in [1.82, 2.24) is 0 Å². The highest BCUT2D eigenvalue weighted by Gasteiger charge is 2.10. The topological polar surface area (TPSA) is 35.5 Å². The maximum Gasteiger partial charge on any atom is 0.338 e. The average Bonchev–Trinajstić information content (AvgIpc) is 2.46. The zero-order chi connectivity index (χ0) is 13.9. The molecule has 0 spiro atoms. The third-order valence-electron chi connectivity index (χ3n) is 2.97. The minimum atomic E-state index is -0.255. The molecule has 0 amide bonds. The summed E-state index contributed by atoms with van der Waals surface area (Å²) < 4.78 is 10.6. The van der Waals surface area contributed by atoms with Crippen molar-refractivity contribution in [3.8, 4) is 0 Å². The number of aryl methyl sites for hydroxylation is 1. The molecule has 0 saturated heterocycles. The second-order valence-corrected chi connectivity index (χ2v) is 4.47. The maximum absolute atomic E-state index is 11.9. The molecule has 0 saturated carbocycles. The first-order valence-electron chi connectivity index (χ1n) is 7.12. The predicted octanol–water partition coefficient (Wildman–Crippen LogP) is 3.61. The van der Waals surface area contributed by atoms with Crippen molar-refractivity contribution in [3.63, 3.8) is 0 Å². The highest BCUT2D eigenvalue weighted by Crippen LogP contribution is 2.10. The van der Waals surface area contributed by atoms with E-state index >= 15 is 0 Å². The summed E-state index contributed by atoms with van der Waals surface area (Å²) >= 11 is 0. The van der Waals surface area contributed by atoms with Crippen LogP contribution in [-0.2, 0) is 15.9 Å². The van der Waals surface area contributed by atoms with Crippen LogP contribution in [0.3, 0.4) is 0 Å². The van der Waals surface area contributed by atoms with Gasteiger partial charge in [-0.1, -0.05) is 44.9 Å². The fourth-order valence-corrected chi connectivity index (χ4v) is 1.85. The zero-order valence-corrected chi connectivity index (χ0v) is 12.0. The summed E-state index contributed by atoms with van der Waals surface area (Å²) in [5, 5.41) is 0. The smallest absolute Gasteiger partial charge is 0.338 e. The number of hydrogen-bond donors (Lipinski definition) is 0. The first-order valence-corrected chi connectivity index (χ1v) is 7.12. The van der Waals surface area contributed by atoms with Gasteiger partial charge in [-0.3, -0.25) is 0 Å². The number of carbonyl (C=O) groups excluding carboxylic acids is 1. The second-order valence-electron chi connectivity index (χ2n) is 4.47. The Morgan fingerprint density at radius 1 is 1.05 bits per heavy atom. The summed E-state index contributed by atoms with van der Waals surface area (Å²) in [6.45, 7) is 5.74. The summed E-state index contributed by atoms with van der Waals surface area (Å²) in [5.41, 5.74) is 1.69. The summed E-state index contributed by atoms with van der Waals surface area (Å²) in [7, 11) is 0. The van der Waals surface area contributed by atoms with E-state index in [0.29, 0.717) is 18.8 Å². The van der Waals surface area contributed by atoms with Crippen LogP contribution in [0.25, 0.3) is 0 Å². The van der Waals surface area contributed by atoms with E-state index in [0.717, 1.165) is 25.0 Å². The van der Waals surface area contributed by atoms with Crippen LogP contribution in [0.15, 0.2) is 24.3 Å². The van der Waals surface area contributed by atoms with Crippen molar-refractivity contribution < 1.29 is 14.3 Å².